The molecule has 0 amide bonds. The van der Waals surface area contributed by atoms with E-state index in [1.807, 2.05) is 6.92 Å². The predicted molar refractivity (Wildman–Crippen MR) is 47.7 cm³/mol. The summed E-state index contributed by atoms with van der Waals surface area (Å²) < 4.78 is 18.1. The molecule has 1 aromatic carbocycles. The lowest BCUT2D eigenvalue weighted by molar-refractivity contribution is 0.111. The number of rotatable bonds is 3. The van der Waals surface area contributed by atoms with Gasteiger partial charge in [0, 0.05) is 0 Å². The maximum Gasteiger partial charge on any atom is 0.153 e. The number of hydrogen-bond donors (Lipinski definition) is 0. The lowest BCUT2D eigenvalue weighted by Gasteiger charge is -2.07. The van der Waals surface area contributed by atoms with Crippen LogP contribution in [0.3, 0.4) is 0 Å². The van der Waals surface area contributed by atoms with Gasteiger partial charge in [-0.1, -0.05) is 0 Å². The van der Waals surface area contributed by atoms with E-state index in [9.17, 15) is 9.18 Å². The highest BCUT2D eigenvalue weighted by molar-refractivity contribution is 5.79. The zero-order chi connectivity index (χ0) is 9.84. The summed E-state index contributed by atoms with van der Waals surface area (Å²) >= 11 is 0. The van der Waals surface area contributed by atoms with Gasteiger partial charge < -0.3 is 4.74 Å². The summed E-state index contributed by atoms with van der Waals surface area (Å²) in [5.74, 6) is 0.0574. The van der Waals surface area contributed by atoms with Gasteiger partial charge in [0.1, 0.15) is 11.6 Å². The van der Waals surface area contributed by atoms with Gasteiger partial charge in [-0.3, -0.25) is 4.79 Å². The molecule has 0 saturated carbocycles. The van der Waals surface area contributed by atoms with Crippen LogP contribution in [0, 0.1) is 12.7 Å². The van der Waals surface area contributed by atoms with Gasteiger partial charge in [0.15, 0.2) is 6.29 Å². The van der Waals surface area contributed by atoms with Crippen molar-refractivity contribution in [2.45, 2.75) is 13.8 Å². The maximum atomic E-state index is 13.0. The quantitative estimate of drug-likeness (QED) is 0.670. The molecule has 0 aliphatic carbocycles. The van der Waals surface area contributed by atoms with Crippen LogP contribution in [0.15, 0.2) is 12.1 Å². The van der Waals surface area contributed by atoms with Crippen LogP contribution in [0.2, 0.25) is 0 Å². The summed E-state index contributed by atoms with van der Waals surface area (Å²) in [4.78, 5) is 10.5. The third-order valence-electron chi connectivity index (χ3n) is 1.72. The van der Waals surface area contributed by atoms with E-state index < -0.39 is 0 Å². The Kier molecular flexibility index (Phi) is 3.01. The molecule has 0 spiro atoms. The van der Waals surface area contributed by atoms with Crippen LogP contribution in [0.1, 0.15) is 22.8 Å². The predicted octanol–water partition coefficient (Wildman–Crippen LogP) is 2.35. The van der Waals surface area contributed by atoms with E-state index in [1.54, 1.807) is 6.92 Å². The van der Waals surface area contributed by atoms with Crippen LogP contribution < -0.4 is 4.74 Å². The molecule has 0 N–H and O–H groups in total. The number of aldehydes is 1. The Morgan fingerprint density at radius 1 is 1.54 bits per heavy atom. The first-order chi connectivity index (χ1) is 6.19. The summed E-state index contributed by atoms with van der Waals surface area (Å²) in [6, 6.07) is 2.72. The Balaban J connectivity index is 3.16. The molecule has 0 fully saturated rings. The molecule has 0 heterocycles. The number of carbonyl (C=O) groups is 1. The molecule has 0 radical (unpaired) electrons. The van der Waals surface area contributed by atoms with Crippen molar-refractivity contribution in [1.82, 2.24) is 0 Å². The second-order valence-corrected chi connectivity index (χ2v) is 2.69. The molecule has 0 bridgehead atoms. The first-order valence-electron chi connectivity index (χ1n) is 4.07. The number of hydrogen-bond acceptors (Lipinski definition) is 2. The molecule has 0 aromatic heterocycles. The summed E-state index contributed by atoms with van der Waals surface area (Å²) in [5, 5.41) is 0. The van der Waals surface area contributed by atoms with Crippen molar-refractivity contribution in [2.75, 3.05) is 6.61 Å². The Bertz CT molecular complexity index is 321. The van der Waals surface area contributed by atoms with Gasteiger partial charge in [0.05, 0.1) is 12.2 Å². The van der Waals surface area contributed by atoms with Gasteiger partial charge in [-0.2, -0.15) is 0 Å². The Labute approximate surface area is 76.3 Å². The van der Waals surface area contributed by atoms with E-state index in [4.69, 9.17) is 4.74 Å². The van der Waals surface area contributed by atoms with Crippen molar-refractivity contribution in [2.24, 2.45) is 0 Å². The third-order valence-corrected chi connectivity index (χ3v) is 1.72. The van der Waals surface area contributed by atoms with Crippen LogP contribution in [0.25, 0.3) is 0 Å². The van der Waals surface area contributed by atoms with Crippen molar-refractivity contribution in [3.8, 4) is 5.75 Å². The number of carbonyl (C=O) groups excluding carboxylic acids is 1. The number of benzene rings is 1. The molecule has 0 aliphatic heterocycles. The van der Waals surface area contributed by atoms with Crippen molar-refractivity contribution in [3.63, 3.8) is 0 Å². The van der Waals surface area contributed by atoms with Crippen molar-refractivity contribution >= 4 is 6.29 Å². The van der Waals surface area contributed by atoms with Crippen molar-refractivity contribution < 1.29 is 13.9 Å². The number of halogens is 1. The zero-order valence-electron chi connectivity index (χ0n) is 7.63. The molecule has 1 aromatic rings. The standard InChI is InChI=1S/C10H11FO2/c1-3-13-10-4-7(2)9(11)5-8(10)6-12/h4-6H,3H2,1-2H3. The average molecular weight is 182 g/mol. The molecule has 0 atom stereocenters. The van der Waals surface area contributed by atoms with E-state index in [0.717, 1.165) is 0 Å². The Morgan fingerprint density at radius 2 is 2.23 bits per heavy atom. The number of aryl methyl sites for hydroxylation is 1. The highest BCUT2D eigenvalue weighted by atomic mass is 19.1. The van der Waals surface area contributed by atoms with E-state index >= 15 is 0 Å². The van der Waals surface area contributed by atoms with E-state index in [2.05, 4.69) is 0 Å². The fourth-order valence-corrected chi connectivity index (χ4v) is 1.04. The minimum Gasteiger partial charge on any atom is -0.493 e. The Hall–Kier alpha value is -1.38. The number of ether oxygens (including phenoxy) is 1. The molecule has 1 rings (SSSR count). The van der Waals surface area contributed by atoms with Gasteiger partial charge in [-0.05, 0) is 31.5 Å². The van der Waals surface area contributed by atoms with Gasteiger partial charge in [0.2, 0.25) is 0 Å². The molecular formula is C10H11FO2. The SMILES string of the molecule is CCOc1cc(C)c(F)cc1C=O. The Morgan fingerprint density at radius 3 is 2.77 bits per heavy atom. The summed E-state index contributed by atoms with van der Waals surface area (Å²) in [7, 11) is 0. The van der Waals surface area contributed by atoms with Crippen LogP contribution in [-0.2, 0) is 0 Å². The van der Waals surface area contributed by atoms with Gasteiger partial charge in [0.25, 0.3) is 0 Å². The highest BCUT2D eigenvalue weighted by Gasteiger charge is 2.06. The molecule has 70 valence electrons. The average Bonchev–Trinajstić information content (AvgIpc) is 2.11. The van der Waals surface area contributed by atoms with Gasteiger partial charge >= 0.3 is 0 Å². The molecule has 0 saturated heterocycles. The van der Waals surface area contributed by atoms with Gasteiger partial charge in [-0.25, -0.2) is 4.39 Å². The normalized spacial score (nSPS) is 9.77. The van der Waals surface area contributed by atoms with Crippen molar-refractivity contribution in [3.05, 3.63) is 29.1 Å². The summed E-state index contributed by atoms with van der Waals surface area (Å²) in [6.07, 6.45) is 0.591. The van der Waals surface area contributed by atoms with Crippen molar-refractivity contribution in [1.29, 1.82) is 0 Å². The topological polar surface area (TPSA) is 26.3 Å². The lowest BCUT2D eigenvalue weighted by atomic mass is 10.1. The first kappa shape index (κ1) is 9.71. The summed E-state index contributed by atoms with van der Waals surface area (Å²) in [6.45, 7) is 3.91. The second kappa shape index (κ2) is 4.03. The molecule has 2 nitrogen and oxygen atoms in total. The molecule has 0 aliphatic rings. The van der Waals surface area contributed by atoms with Crippen LogP contribution >= 0.6 is 0 Å². The van der Waals surface area contributed by atoms with Crippen LogP contribution in [0.4, 0.5) is 4.39 Å². The smallest absolute Gasteiger partial charge is 0.153 e. The third kappa shape index (κ3) is 2.05. The minimum atomic E-state index is -0.384. The zero-order valence-corrected chi connectivity index (χ0v) is 7.63. The molecule has 13 heavy (non-hydrogen) atoms. The largest absolute Gasteiger partial charge is 0.493 e. The fourth-order valence-electron chi connectivity index (χ4n) is 1.04. The van der Waals surface area contributed by atoms with Crippen LogP contribution in [-0.4, -0.2) is 12.9 Å². The lowest BCUT2D eigenvalue weighted by Crippen LogP contribution is -1.98. The van der Waals surface area contributed by atoms with Gasteiger partial charge in [-0.15, -0.1) is 0 Å². The summed E-state index contributed by atoms with van der Waals surface area (Å²) in [5.41, 5.74) is 0.735. The van der Waals surface area contributed by atoms with E-state index in [0.29, 0.717) is 24.2 Å². The van der Waals surface area contributed by atoms with E-state index in [1.165, 1.54) is 12.1 Å². The van der Waals surface area contributed by atoms with Crippen LogP contribution in [0.5, 0.6) is 5.75 Å². The minimum absolute atomic E-state index is 0.255. The molecular weight excluding hydrogens is 171 g/mol. The highest BCUT2D eigenvalue weighted by Crippen LogP contribution is 2.21. The first-order valence-corrected chi connectivity index (χ1v) is 4.07. The fraction of sp³-hybridized carbons (Fsp3) is 0.300. The van der Waals surface area contributed by atoms with E-state index in [-0.39, 0.29) is 11.4 Å². The molecule has 0 unspecified atom stereocenters. The second-order valence-electron chi connectivity index (χ2n) is 2.69. The monoisotopic (exact) mass is 182 g/mol. The maximum absolute atomic E-state index is 13.0. The molecule has 3 heteroatoms.